The van der Waals surface area contributed by atoms with Crippen molar-refractivity contribution >= 4 is 11.8 Å². The van der Waals surface area contributed by atoms with Gasteiger partial charge >= 0.3 is 6.09 Å². The highest BCUT2D eigenvalue weighted by Crippen LogP contribution is 2.27. The molecule has 0 spiro atoms. The van der Waals surface area contributed by atoms with Gasteiger partial charge in [-0.3, -0.25) is 9.67 Å². The molecule has 7 nitrogen and oxygen atoms in total. The summed E-state index contributed by atoms with van der Waals surface area (Å²) >= 11 is 0. The zero-order valence-electron chi connectivity index (χ0n) is 11.7. The predicted molar refractivity (Wildman–Crippen MR) is 79.6 cm³/mol. The van der Waals surface area contributed by atoms with Crippen LogP contribution in [0.2, 0.25) is 0 Å². The van der Waals surface area contributed by atoms with Crippen LogP contribution in [-0.4, -0.2) is 26.0 Å². The standard InChI is InChI=1S/C14H17N5O2/c1-3-4-11(18-14(20)21)12-7-9(5-6-16-12)13-10(15)8-17-19(13)2/h3,5-8,11,18H,1,4,15H2,2H3,(H,20,21)/t11-/m0/s1. The molecule has 0 saturated heterocycles. The maximum Gasteiger partial charge on any atom is 0.405 e. The number of carboxylic acid groups (broad SMARTS) is 1. The zero-order valence-corrected chi connectivity index (χ0v) is 11.7. The highest BCUT2D eigenvalue weighted by atomic mass is 16.4. The van der Waals surface area contributed by atoms with E-state index >= 15 is 0 Å². The van der Waals surface area contributed by atoms with Gasteiger partial charge in [0.25, 0.3) is 0 Å². The third kappa shape index (κ3) is 3.19. The molecule has 1 atom stereocenters. The number of hydrogen-bond donors (Lipinski definition) is 3. The molecule has 21 heavy (non-hydrogen) atoms. The van der Waals surface area contributed by atoms with Crippen molar-refractivity contribution in [2.24, 2.45) is 7.05 Å². The van der Waals surface area contributed by atoms with E-state index in [1.807, 2.05) is 6.07 Å². The monoisotopic (exact) mass is 287 g/mol. The average molecular weight is 287 g/mol. The molecule has 4 N–H and O–H groups in total. The van der Waals surface area contributed by atoms with Gasteiger partial charge in [-0.2, -0.15) is 5.10 Å². The second-order valence-corrected chi connectivity index (χ2v) is 4.57. The fourth-order valence-electron chi connectivity index (χ4n) is 2.16. The molecule has 0 radical (unpaired) electrons. The van der Waals surface area contributed by atoms with Crippen molar-refractivity contribution < 1.29 is 9.90 Å². The van der Waals surface area contributed by atoms with Crippen LogP contribution < -0.4 is 11.1 Å². The lowest BCUT2D eigenvalue weighted by Crippen LogP contribution is -2.27. The Bertz CT molecular complexity index is 646. The third-order valence-electron chi connectivity index (χ3n) is 3.08. The van der Waals surface area contributed by atoms with Crippen LogP contribution in [0.1, 0.15) is 18.2 Å². The van der Waals surface area contributed by atoms with E-state index < -0.39 is 12.1 Å². The van der Waals surface area contributed by atoms with E-state index in [2.05, 4.69) is 22.0 Å². The maximum absolute atomic E-state index is 10.9. The quantitative estimate of drug-likeness (QED) is 0.729. The lowest BCUT2D eigenvalue weighted by atomic mass is 10.1. The topological polar surface area (TPSA) is 106 Å². The number of anilines is 1. The number of nitrogen functional groups attached to an aromatic ring is 1. The number of aromatic nitrogens is 3. The van der Waals surface area contributed by atoms with Gasteiger partial charge < -0.3 is 16.2 Å². The summed E-state index contributed by atoms with van der Waals surface area (Å²) in [5, 5.41) is 15.4. The summed E-state index contributed by atoms with van der Waals surface area (Å²) in [4.78, 5) is 15.1. The molecule has 2 aromatic heterocycles. The molecule has 0 fully saturated rings. The predicted octanol–water partition coefficient (Wildman–Crippen LogP) is 1.95. The second-order valence-electron chi connectivity index (χ2n) is 4.57. The Balaban J connectivity index is 2.40. The summed E-state index contributed by atoms with van der Waals surface area (Å²) in [5.74, 6) is 0. The van der Waals surface area contributed by atoms with Crippen LogP contribution in [0, 0.1) is 0 Å². The van der Waals surface area contributed by atoms with Gasteiger partial charge in [-0.15, -0.1) is 6.58 Å². The number of hydrogen-bond acceptors (Lipinski definition) is 4. The van der Waals surface area contributed by atoms with Crippen LogP contribution >= 0.6 is 0 Å². The lowest BCUT2D eigenvalue weighted by molar-refractivity contribution is 0.189. The summed E-state index contributed by atoms with van der Waals surface area (Å²) in [7, 11) is 1.79. The molecular weight excluding hydrogens is 270 g/mol. The molecular formula is C14H17N5O2. The summed E-state index contributed by atoms with van der Waals surface area (Å²) in [5.41, 5.74) is 8.67. The van der Waals surface area contributed by atoms with Crippen molar-refractivity contribution in [1.29, 1.82) is 0 Å². The summed E-state index contributed by atoms with van der Waals surface area (Å²) in [6, 6.07) is 3.16. The molecule has 2 heterocycles. The Hall–Kier alpha value is -2.83. The first-order valence-corrected chi connectivity index (χ1v) is 6.37. The maximum atomic E-state index is 10.9. The van der Waals surface area contributed by atoms with Crippen LogP contribution in [-0.2, 0) is 7.05 Å². The Kier molecular flexibility index (Phi) is 4.22. The van der Waals surface area contributed by atoms with Gasteiger partial charge in [-0.1, -0.05) is 6.08 Å². The molecule has 0 aliphatic carbocycles. The number of rotatable bonds is 5. The number of nitrogens with one attached hydrogen (secondary N) is 1. The smallest absolute Gasteiger partial charge is 0.405 e. The minimum atomic E-state index is -1.10. The Morgan fingerprint density at radius 2 is 2.43 bits per heavy atom. The Morgan fingerprint density at radius 3 is 3.00 bits per heavy atom. The average Bonchev–Trinajstić information content (AvgIpc) is 2.77. The van der Waals surface area contributed by atoms with Crippen LogP contribution in [0.3, 0.4) is 0 Å². The van der Waals surface area contributed by atoms with Crippen molar-refractivity contribution in [3.05, 3.63) is 42.9 Å². The zero-order chi connectivity index (χ0) is 15.4. The fraction of sp³-hybridized carbons (Fsp3) is 0.214. The molecule has 2 rings (SSSR count). The van der Waals surface area contributed by atoms with Gasteiger partial charge in [-0.05, 0) is 18.6 Å². The van der Waals surface area contributed by atoms with Gasteiger partial charge in [0, 0.05) is 18.8 Å². The van der Waals surface area contributed by atoms with Crippen LogP contribution in [0.4, 0.5) is 10.5 Å². The fourth-order valence-corrected chi connectivity index (χ4v) is 2.16. The van der Waals surface area contributed by atoms with E-state index in [9.17, 15) is 4.79 Å². The number of aryl methyl sites for hydroxylation is 1. The lowest BCUT2D eigenvalue weighted by Gasteiger charge is -2.15. The highest BCUT2D eigenvalue weighted by molar-refractivity contribution is 5.72. The molecule has 110 valence electrons. The Morgan fingerprint density at radius 1 is 1.67 bits per heavy atom. The summed E-state index contributed by atoms with van der Waals surface area (Å²) < 4.78 is 1.67. The number of pyridine rings is 1. The van der Waals surface area contributed by atoms with E-state index in [-0.39, 0.29) is 0 Å². The molecule has 2 aromatic rings. The van der Waals surface area contributed by atoms with Gasteiger partial charge in [0.1, 0.15) is 0 Å². The normalized spacial score (nSPS) is 11.9. The number of amides is 1. The molecule has 1 amide bonds. The summed E-state index contributed by atoms with van der Waals surface area (Å²) in [6.07, 6.45) is 4.19. The molecule has 0 saturated carbocycles. The highest BCUT2D eigenvalue weighted by Gasteiger charge is 2.16. The summed E-state index contributed by atoms with van der Waals surface area (Å²) in [6.45, 7) is 3.64. The van der Waals surface area contributed by atoms with Gasteiger partial charge in [-0.25, -0.2) is 4.79 Å². The number of carbonyl (C=O) groups is 1. The third-order valence-corrected chi connectivity index (χ3v) is 3.08. The van der Waals surface area contributed by atoms with E-state index in [1.165, 1.54) is 0 Å². The van der Waals surface area contributed by atoms with Crippen molar-refractivity contribution in [1.82, 2.24) is 20.1 Å². The van der Waals surface area contributed by atoms with Gasteiger partial charge in [0.15, 0.2) is 0 Å². The molecule has 0 unspecified atom stereocenters. The minimum Gasteiger partial charge on any atom is -0.465 e. The molecule has 0 aliphatic rings. The van der Waals surface area contributed by atoms with Crippen LogP contribution in [0.25, 0.3) is 11.3 Å². The van der Waals surface area contributed by atoms with Crippen LogP contribution in [0.5, 0.6) is 0 Å². The molecule has 0 bridgehead atoms. The van der Waals surface area contributed by atoms with Crippen molar-refractivity contribution in [2.45, 2.75) is 12.5 Å². The number of nitrogens with zero attached hydrogens (tertiary/aromatic N) is 3. The van der Waals surface area contributed by atoms with Crippen molar-refractivity contribution in [2.75, 3.05) is 5.73 Å². The SMILES string of the molecule is C=CC[C@H](NC(=O)O)c1cc(-c2c(N)cnn2C)ccn1. The number of nitrogens with two attached hydrogens (primary N) is 1. The molecule has 7 heteroatoms. The first-order chi connectivity index (χ1) is 10.0. The van der Waals surface area contributed by atoms with E-state index in [0.717, 1.165) is 11.3 Å². The van der Waals surface area contributed by atoms with Gasteiger partial charge in [0.05, 0.1) is 29.3 Å². The molecule has 0 aromatic carbocycles. The Labute approximate surface area is 122 Å². The van der Waals surface area contributed by atoms with Crippen molar-refractivity contribution in [3.8, 4) is 11.3 Å². The van der Waals surface area contributed by atoms with Crippen molar-refractivity contribution in [3.63, 3.8) is 0 Å². The first kappa shape index (κ1) is 14.6. The van der Waals surface area contributed by atoms with Crippen LogP contribution in [0.15, 0.2) is 37.2 Å². The minimum absolute atomic E-state index is 0.448. The van der Waals surface area contributed by atoms with E-state index in [4.69, 9.17) is 10.8 Å². The largest absolute Gasteiger partial charge is 0.465 e. The first-order valence-electron chi connectivity index (χ1n) is 6.37. The second kappa shape index (κ2) is 6.08. The van der Waals surface area contributed by atoms with E-state index in [0.29, 0.717) is 17.8 Å². The molecule has 0 aliphatic heterocycles. The van der Waals surface area contributed by atoms with Gasteiger partial charge in [0.2, 0.25) is 0 Å². The van der Waals surface area contributed by atoms with E-state index in [1.54, 1.807) is 36.3 Å².